The lowest BCUT2D eigenvalue weighted by Crippen LogP contribution is -2.18. The fourth-order valence-electron chi connectivity index (χ4n) is 1.82. The summed E-state index contributed by atoms with van der Waals surface area (Å²) < 4.78 is 5.67. The van der Waals surface area contributed by atoms with E-state index in [1.54, 1.807) is 0 Å². The summed E-state index contributed by atoms with van der Waals surface area (Å²) in [5.74, 6) is 1.83. The first kappa shape index (κ1) is 10.1. The largest absolute Gasteiger partial charge is 0.384 e. The molecule has 0 N–H and O–H groups in total. The van der Waals surface area contributed by atoms with E-state index in [4.69, 9.17) is 12.6 Å². The molecule has 0 aromatic rings. The molecule has 1 heterocycles. The van der Waals surface area contributed by atoms with Crippen molar-refractivity contribution in [3.8, 4) is 0 Å². The first-order chi connectivity index (χ1) is 5.52. The molecule has 1 saturated heterocycles. The highest BCUT2D eigenvalue weighted by Gasteiger charge is 2.35. The van der Waals surface area contributed by atoms with Crippen molar-refractivity contribution >= 4 is 7.85 Å². The SMILES string of the molecule is [B][C@@H]1O[C@H](CC(C)C)[C@@H](C)[C@H]1C. The molecular weight excluding hydrogens is 147 g/mol. The molecule has 0 aromatic carbocycles. The van der Waals surface area contributed by atoms with E-state index >= 15 is 0 Å². The van der Waals surface area contributed by atoms with Crippen molar-refractivity contribution in [2.45, 2.75) is 46.2 Å². The van der Waals surface area contributed by atoms with Crippen LogP contribution < -0.4 is 0 Å². The maximum atomic E-state index is 5.81. The van der Waals surface area contributed by atoms with Crippen molar-refractivity contribution < 1.29 is 4.74 Å². The van der Waals surface area contributed by atoms with Gasteiger partial charge in [-0.25, -0.2) is 0 Å². The molecule has 1 fully saturated rings. The Balaban J connectivity index is 2.47. The van der Waals surface area contributed by atoms with Crippen molar-refractivity contribution in [1.82, 2.24) is 0 Å². The van der Waals surface area contributed by atoms with E-state index in [1.165, 1.54) is 0 Å². The van der Waals surface area contributed by atoms with Gasteiger partial charge in [0, 0.05) is 6.00 Å². The molecule has 0 amide bonds. The van der Waals surface area contributed by atoms with Gasteiger partial charge in [0.05, 0.1) is 6.10 Å². The first-order valence-electron chi connectivity index (χ1n) is 4.93. The third-order valence-electron chi connectivity index (χ3n) is 2.97. The second-order valence-electron chi connectivity index (χ2n) is 4.49. The number of hydrogen-bond acceptors (Lipinski definition) is 1. The number of ether oxygens (including phenoxy) is 1. The second kappa shape index (κ2) is 3.82. The number of hydrogen-bond donors (Lipinski definition) is 0. The summed E-state index contributed by atoms with van der Waals surface area (Å²) in [6, 6.07) is -0.0382. The Morgan fingerprint density at radius 1 is 1.25 bits per heavy atom. The van der Waals surface area contributed by atoms with E-state index < -0.39 is 0 Å². The third kappa shape index (κ3) is 2.04. The topological polar surface area (TPSA) is 9.23 Å². The van der Waals surface area contributed by atoms with E-state index in [2.05, 4.69) is 27.7 Å². The van der Waals surface area contributed by atoms with Crippen LogP contribution in [0.4, 0.5) is 0 Å². The highest BCUT2D eigenvalue weighted by atomic mass is 16.5. The van der Waals surface area contributed by atoms with Crippen LogP contribution in [0.1, 0.15) is 34.1 Å². The van der Waals surface area contributed by atoms with Gasteiger partial charge in [-0.1, -0.05) is 27.7 Å². The molecule has 0 bridgehead atoms. The van der Waals surface area contributed by atoms with Crippen LogP contribution in [0.5, 0.6) is 0 Å². The van der Waals surface area contributed by atoms with Crippen LogP contribution in [-0.2, 0) is 4.74 Å². The average molecular weight is 166 g/mol. The second-order valence-corrected chi connectivity index (χ2v) is 4.49. The van der Waals surface area contributed by atoms with Gasteiger partial charge in [-0.15, -0.1) is 0 Å². The summed E-state index contributed by atoms with van der Waals surface area (Å²) in [6.07, 6.45) is 1.52. The zero-order valence-corrected chi connectivity index (χ0v) is 8.58. The molecular formula is C10H19BO. The Kier molecular flexibility index (Phi) is 3.22. The standard InChI is InChI=1S/C10H19BO/c1-6(2)5-9-7(3)8(4)10(11)12-9/h6-10H,5H2,1-4H3/t7-,8+,9+,10+/m0/s1. The van der Waals surface area contributed by atoms with Crippen molar-refractivity contribution in [2.24, 2.45) is 17.8 Å². The lowest BCUT2D eigenvalue weighted by atomic mass is 9.81. The fourth-order valence-corrected chi connectivity index (χ4v) is 1.82. The molecule has 2 heteroatoms. The Hall–Kier alpha value is 0.0249. The molecule has 1 rings (SSSR count). The molecule has 0 spiro atoms. The highest BCUT2D eigenvalue weighted by Crippen LogP contribution is 2.33. The monoisotopic (exact) mass is 166 g/mol. The molecule has 4 atom stereocenters. The van der Waals surface area contributed by atoms with E-state index in [0.717, 1.165) is 6.42 Å². The lowest BCUT2D eigenvalue weighted by Gasteiger charge is -2.17. The molecule has 68 valence electrons. The molecule has 1 aliphatic rings. The lowest BCUT2D eigenvalue weighted by molar-refractivity contribution is 0.0574. The maximum Gasteiger partial charge on any atom is 0.109 e. The summed E-state index contributed by atoms with van der Waals surface area (Å²) >= 11 is 0. The summed E-state index contributed by atoms with van der Waals surface area (Å²) in [5, 5.41) is 0. The molecule has 1 nitrogen and oxygen atoms in total. The van der Waals surface area contributed by atoms with Crippen LogP contribution in [0.15, 0.2) is 0 Å². The fraction of sp³-hybridized carbons (Fsp3) is 1.00. The predicted octanol–water partition coefficient (Wildman–Crippen LogP) is 2.20. The highest BCUT2D eigenvalue weighted by molar-refractivity contribution is 6.11. The van der Waals surface area contributed by atoms with Crippen LogP contribution in [0.3, 0.4) is 0 Å². The zero-order chi connectivity index (χ0) is 9.30. The normalized spacial score (nSPS) is 42.4. The van der Waals surface area contributed by atoms with Crippen molar-refractivity contribution in [1.29, 1.82) is 0 Å². The zero-order valence-electron chi connectivity index (χ0n) is 8.58. The van der Waals surface area contributed by atoms with Gasteiger partial charge in [-0.2, -0.15) is 0 Å². The molecule has 0 saturated carbocycles. The van der Waals surface area contributed by atoms with E-state index in [-0.39, 0.29) is 6.00 Å². The van der Waals surface area contributed by atoms with Crippen molar-refractivity contribution in [3.05, 3.63) is 0 Å². The van der Waals surface area contributed by atoms with Gasteiger partial charge >= 0.3 is 0 Å². The van der Waals surface area contributed by atoms with Crippen LogP contribution in [0, 0.1) is 17.8 Å². The minimum atomic E-state index is -0.0382. The molecule has 2 radical (unpaired) electrons. The van der Waals surface area contributed by atoms with Crippen LogP contribution in [0.25, 0.3) is 0 Å². The van der Waals surface area contributed by atoms with Crippen molar-refractivity contribution in [2.75, 3.05) is 0 Å². The van der Waals surface area contributed by atoms with E-state index in [9.17, 15) is 0 Å². The molecule has 0 unspecified atom stereocenters. The molecule has 1 aliphatic heterocycles. The third-order valence-corrected chi connectivity index (χ3v) is 2.97. The molecule has 0 aromatic heterocycles. The minimum absolute atomic E-state index is 0.0382. The van der Waals surface area contributed by atoms with Crippen LogP contribution in [0.2, 0.25) is 0 Å². The Labute approximate surface area is 77.3 Å². The Morgan fingerprint density at radius 2 is 1.83 bits per heavy atom. The molecule has 0 aliphatic carbocycles. The van der Waals surface area contributed by atoms with Crippen molar-refractivity contribution in [3.63, 3.8) is 0 Å². The van der Waals surface area contributed by atoms with Gasteiger partial charge in [-0.05, 0) is 24.2 Å². The first-order valence-corrected chi connectivity index (χ1v) is 4.93. The van der Waals surface area contributed by atoms with Gasteiger partial charge in [0.15, 0.2) is 0 Å². The molecule has 12 heavy (non-hydrogen) atoms. The minimum Gasteiger partial charge on any atom is -0.384 e. The Bertz CT molecular complexity index is 145. The summed E-state index contributed by atoms with van der Waals surface area (Å²) in [5.41, 5.74) is 0. The average Bonchev–Trinajstić information content (AvgIpc) is 2.17. The van der Waals surface area contributed by atoms with Gasteiger partial charge in [-0.3, -0.25) is 0 Å². The van der Waals surface area contributed by atoms with Gasteiger partial charge in [0.25, 0.3) is 0 Å². The quantitative estimate of drug-likeness (QED) is 0.571. The summed E-state index contributed by atoms with van der Waals surface area (Å²) in [4.78, 5) is 0. The summed E-state index contributed by atoms with van der Waals surface area (Å²) in [6.45, 7) is 8.87. The Morgan fingerprint density at radius 3 is 2.17 bits per heavy atom. The van der Waals surface area contributed by atoms with Gasteiger partial charge in [0.2, 0.25) is 0 Å². The van der Waals surface area contributed by atoms with E-state index in [1.807, 2.05) is 0 Å². The van der Waals surface area contributed by atoms with Gasteiger partial charge in [0.1, 0.15) is 7.85 Å². The predicted molar refractivity (Wildman–Crippen MR) is 52.2 cm³/mol. The van der Waals surface area contributed by atoms with Gasteiger partial charge < -0.3 is 4.74 Å². The van der Waals surface area contributed by atoms with Crippen LogP contribution >= 0.6 is 0 Å². The summed E-state index contributed by atoms with van der Waals surface area (Å²) in [7, 11) is 5.81. The van der Waals surface area contributed by atoms with E-state index in [0.29, 0.717) is 23.9 Å². The maximum absolute atomic E-state index is 5.81. The number of rotatable bonds is 2. The smallest absolute Gasteiger partial charge is 0.109 e. The van der Waals surface area contributed by atoms with Crippen LogP contribution in [-0.4, -0.2) is 20.0 Å².